The Morgan fingerprint density at radius 1 is 1.07 bits per heavy atom. The Labute approximate surface area is 162 Å². The first kappa shape index (κ1) is 19.2. The number of methoxy groups -OCH3 is 2. The van der Waals surface area contributed by atoms with E-state index >= 15 is 0 Å². The number of rotatable bonds is 7. The predicted octanol–water partition coefficient (Wildman–Crippen LogP) is 1.39. The first-order valence-corrected chi connectivity index (χ1v) is 8.75. The summed E-state index contributed by atoms with van der Waals surface area (Å²) in [6.07, 6.45) is -0.337. The topological polar surface area (TPSA) is 95.7 Å². The molecule has 2 aromatic rings. The zero-order valence-corrected chi connectivity index (χ0v) is 15.8. The normalized spacial score (nSPS) is 18.8. The number of hydrogen-bond donors (Lipinski definition) is 5. The zero-order valence-electron chi connectivity index (χ0n) is 15.0. The minimum Gasteiger partial charge on any atom is -0.493 e. The van der Waals surface area contributed by atoms with E-state index in [9.17, 15) is 4.79 Å². The van der Waals surface area contributed by atoms with Gasteiger partial charge in [-0.25, -0.2) is 10.9 Å². The van der Waals surface area contributed by atoms with Gasteiger partial charge in [-0.05, 0) is 42.0 Å². The third-order valence-corrected chi connectivity index (χ3v) is 4.40. The molecule has 1 saturated heterocycles. The molecule has 27 heavy (non-hydrogen) atoms. The van der Waals surface area contributed by atoms with E-state index < -0.39 is 6.04 Å². The van der Waals surface area contributed by atoms with E-state index in [-0.39, 0.29) is 12.1 Å². The second kappa shape index (κ2) is 8.92. The molecule has 0 spiro atoms. The number of carbonyl (C=O) groups is 1. The van der Waals surface area contributed by atoms with E-state index in [0.717, 1.165) is 11.3 Å². The summed E-state index contributed by atoms with van der Waals surface area (Å²) in [4.78, 5) is 12.6. The van der Waals surface area contributed by atoms with E-state index in [2.05, 4.69) is 27.0 Å². The van der Waals surface area contributed by atoms with Crippen molar-refractivity contribution in [3.63, 3.8) is 0 Å². The SMILES string of the molecule is COc1ccc(CNC(=O)C2NNNC2Nc2ccc(Cl)cc2)cc1OC. The minimum absolute atomic E-state index is 0.159. The molecule has 0 aromatic heterocycles. The van der Waals surface area contributed by atoms with Crippen LogP contribution in [0.2, 0.25) is 5.02 Å². The van der Waals surface area contributed by atoms with Crippen molar-refractivity contribution in [1.82, 2.24) is 21.7 Å². The lowest BCUT2D eigenvalue weighted by Gasteiger charge is -2.20. The number of anilines is 1. The van der Waals surface area contributed by atoms with Gasteiger partial charge in [0.15, 0.2) is 11.5 Å². The highest BCUT2D eigenvalue weighted by molar-refractivity contribution is 6.30. The first-order valence-electron chi connectivity index (χ1n) is 8.37. The summed E-state index contributed by atoms with van der Waals surface area (Å²) in [5.41, 5.74) is 10.4. The van der Waals surface area contributed by atoms with Crippen molar-refractivity contribution in [3.05, 3.63) is 53.1 Å². The van der Waals surface area contributed by atoms with Crippen molar-refractivity contribution in [2.24, 2.45) is 0 Å². The Kier molecular flexibility index (Phi) is 6.36. The van der Waals surface area contributed by atoms with Crippen LogP contribution in [0.3, 0.4) is 0 Å². The third kappa shape index (κ3) is 4.81. The lowest BCUT2D eigenvalue weighted by atomic mass is 10.1. The van der Waals surface area contributed by atoms with Gasteiger partial charge in [-0.1, -0.05) is 17.7 Å². The molecule has 3 rings (SSSR count). The molecular formula is C18H22ClN5O3. The van der Waals surface area contributed by atoms with Crippen LogP contribution in [0, 0.1) is 0 Å². The van der Waals surface area contributed by atoms with Crippen LogP contribution < -0.4 is 36.5 Å². The molecule has 0 bridgehead atoms. The van der Waals surface area contributed by atoms with Crippen LogP contribution in [0.5, 0.6) is 11.5 Å². The zero-order chi connectivity index (χ0) is 19.2. The van der Waals surface area contributed by atoms with Crippen molar-refractivity contribution in [2.45, 2.75) is 18.8 Å². The number of ether oxygens (including phenoxy) is 2. The molecule has 1 heterocycles. The standard InChI is InChI=1S/C18H22ClN5O3/c1-26-14-8-3-11(9-15(14)27-2)10-20-18(25)16-17(23-24-22-16)21-13-6-4-12(19)5-7-13/h3-9,16-17,21-24H,10H2,1-2H3,(H,20,25). The van der Waals surface area contributed by atoms with Crippen molar-refractivity contribution in [1.29, 1.82) is 0 Å². The van der Waals surface area contributed by atoms with Gasteiger partial charge in [0.1, 0.15) is 12.2 Å². The first-order chi connectivity index (χ1) is 13.1. The number of hydrogen-bond acceptors (Lipinski definition) is 7. The molecule has 9 heteroatoms. The number of hydrazine groups is 2. The quantitative estimate of drug-likeness (QED) is 0.487. The lowest BCUT2D eigenvalue weighted by molar-refractivity contribution is -0.123. The summed E-state index contributed by atoms with van der Waals surface area (Å²) in [5.74, 6) is 1.10. The van der Waals surface area contributed by atoms with E-state index in [1.807, 2.05) is 30.3 Å². The van der Waals surface area contributed by atoms with Crippen molar-refractivity contribution < 1.29 is 14.3 Å². The van der Waals surface area contributed by atoms with Crippen LogP contribution in [0.4, 0.5) is 5.69 Å². The lowest BCUT2D eigenvalue weighted by Crippen LogP contribution is -2.50. The van der Waals surface area contributed by atoms with Crippen LogP contribution in [-0.4, -0.2) is 32.3 Å². The molecule has 0 aliphatic carbocycles. The molecule has 1 aliphatic heterocycles. The van der Waals surface area contributed by atoms with Crippen molar-refractivity contribution >= 4 is 23.2 Å². The van der Waals surface area contributed by atoms with Gasteiger partial charge in [0, 0.05) is 17.3 Å². The van der Waals surface area contributed by atoms with Gasteiger partial charge < -0.3 is 20.1 Å². The molecule has 2 atom stereocenters. The fraction of sp³-hybridized carbons (Fsp3) is 0.278. The van der Waals surface area contributed by atoms with Crippen molar-refractivity contribution in [2.75, 3.05) is 19.5 Å². The molecule has 1 fully saturated rings. The number of nitrogens with one attached hydrogen (secondary N) is 5. The Balaban J connectivity index is 1.59. The van der Waals surface area contributed by atoms with E-state index in [1.54, 1.807) is 26.4 Å². The maximum Gasteiger partial charge on any atom is 0.242 e. The number of carbonyl (C=O) groups excluding carboxylic acids is 1. The molecule has 2 unspecified atom stereocenters. The largest absolute Gasteiger partial charge is 0.493 e. The van der Waals surface area contributed by atoms with Gasteiger partial charge in [0.05, 0.1) is 14.2 Å². The van der Waals surface area contributed by atoms with Crippen LogP contribution in [-0.2, 0) is 11.3 Å². The Morgan fingerprint density at radius 3 is 2.52 bits per heavy atom. The van der Waals surface area contributed by atoms with Crippen LogP contribution >= 0.6 is 11.6 Å². The van der Waals surface area contributed by atoms with Crippen LogP contribution in [0.15, 0.2) is 42.5 Å². The van der Waals surface area contributed by atoms with Crippen LogP contribution in [0.25, 0.3) is 0 Å². The van der Waals surface area contributed by atoms with Gasteiger partial charge in [-0.3, -0.25) is 4.79 Å². The molecule has 1 amide bonds. The Hall–Kier alpha value is -2.52. The highest BCUT2D eigenvalue weighted by Gasteiger charge is 2.32. The average Bonchev–Trinajstić information content (AvgIpc) is 3.15. The van der Waals surface area contributed by atoms with E-state index in [1.165, 1.54) is 0 Å². The molecule has 8 nitrogen and oxygen atoms in total. The fourth-order valence-corrected chi connectivity index (χ4v) is 2.84. The highest BCUT2D eigenvalue weighted by Crippen LogP contribution is 2.27. The molecular weight excluding hydrogens is 370 g/mol. The molecule has 0 saturated carbocycles. The maximum atomic E-state index is 12.6. The summed E-state index contributed by atoms with van der Waals surface area (Å²) in [6.45, 7) is 0.366. The number of amides is 1. The minimum atomic E-state index is -0.513. The van der Waals surface area contributed by atoms with E-state index in [4.69, 9.17) is 21.1 Å². The molecule has 144 valence electrons. The van der Waals surface area contributed by atoms with Crippen LogP contribution in [0.1, 0.15) is 5.56 Å². The molecule has 5 N–H and O–H groups in total. The second-order valence-electron chi connectivity index (χ2n) is 5.93. The molecule has 1 aliphatic rings. The summed E-state index contributed by atoms with van der Waals surface area (Å²) < 4.78 is 10.5. The van der Waals surface area contributed by atoms with Gasteiger partial charge in [-0.2, -0.15) is 5.53 Å². The number of halogens is 1. The highest BCUT2D eigenvalue weighted by atomic mass is 35.5. The van der Waals surface area contributed by atoms with Gasteiger partial charge in [-0.15, -0.1) is 0 Å². The summed E-state index contributed by atoms with van der Waals surface area (Å²) in [6, 6.07) is 12.3. The average molecular weight is 392 g/mol. The molecule has 2 aromatic carbocycles. The van der Waals surface area contributed by atoms with Gasteiger partial charge in [0.2, 0.25) is 5.91 Å². The second-order valence-corrected chi connectivity index (χ2v) is 6.36. The van der Waals surface area contributed by atoms with E-state index in [0.29, 0.717) is 23.1 Å². The Bertz CT molecular complexity index is 787. The van der Waals surface area contributed by atoms with Gasteiger partial charge >= 0.3 is 0 Å². The van der Waals surface area contributed by atoms with Gasteiger partial charge in [0.25, 0.3) is 0 Å². The summed E-state index contributed by atoms with van der Waals surface area (Å²) in [7, 11) is 3.16. The Morgan fingerprint density at radius 2 is 1.81 bits per heavy atom. The number of benzene rings is 2. The summed E-state index contributed by atoms with van der Waals surface area (Å²) >= 11 is 5.90. The van der Waals surface area contributed by atoms with Crippen molar-refractivity contribution in [3.8, 4) is 11.5 Å². The predicted molar refractivity (Wildman–Crippen MR) is 103 cm³/mol. The maximum absolute atomic E-state index is 12.6. The monoisotopic (exact) mass is 391 g/mol. The third-order valence-electron chi connectivity index (χ3n) is 4.15. The smallest absolute Gasteiger partial charge is 0.242 e. The fourth-order valence-electron chi connectivity index (χ4n) is 2.72. The molecule has 0 radical (unpaired) electrons. The summed E-state index contributed by atoms with van der Waals surface area (Å²) in [5, 5.41) is 6.81.